The fourth-order valence-corrected chi connectivity index (χ4v) is 8.33. The maximum atomic E-state index is 11.7. The van der Waals surface area contributed by atoms with Crippen LogP contribution in [0.1, 0.15) is 24.0 Å². The predicted molar refractivity (Wildman–Crippen MR) is 243 cm³/mol. The molecule has 1 fully saturated rings. The van der Waals surface area contributed by atoms with Crippen molar-refractivity contribution in [3.63, 3.8) is 0 Å². The van der Waals surface area contributed by atoms with Crippen LogP contribution in [-0.2, 0) is 20.0 Å². The molecule has 0 aromatic heterocycles. The number of rotatable bonds is 14. The van der Waals surface area contributed by atoms with E-state index in [-0.39, 0.29) is 39.4 Å². The van der Waals surface area contributed by atoms with Crippen LogP contribution in [0.15, 0.2) is 149 Å². The minimum Gasteiger partial charge on any atom is -0.368 e. The summed E-state index contributed by atoms with van der Waals surface area (Å²) >= 11 is 0. The predicted octanol–water partition coefficient (Wildman–Crippen LogP) is 7.58. The number of benzene rings is 3. The van der Waals surface area contributed by atoms with E-state index >= 15 is 0 Å². The third kappa shape index (κ3) is 12.2. The number of hydrogen-bond donors (Lipinski definition) is 2. The number of piperazine rings is 1. The van der Waals surface area contributed by atoms with Gasteiger partial charge in [-0.2, -0.15) is 21.0 Å². The van der Waals surface area contributed by atoms with E-state index in [0.29, 0.717) is 37.1 Å². The molecule has 63 heavy (non-hydrogen) atoms. The van der Waals surface area contributed by atoms with E-state index in [2.05, 4.69) is 48.4 Å². The molecule has 1 aliphatic carbocycles. The fraction of sp³-hybridized carbons (Fsp3) is 0.191. The van der Waals surface area contributed by atoms with Crippen molar-refractivity contribution in [2.45, 2.75) is 12.8 Å². The van der Waals surface area contributed by atoms with Crippen LogP contribution in [0, 0.1) is 69.1 Å². The number of hydrogen-bond acceptors (Lipinski definition) is 11. The summed E-state index contributed by atoms with van der Waals surface area (Å²) in [5.41, 5.74) is 5.49. The molecule has 1 heterocycles. The van der Waals surface area contributed by atoms with Gasteiger partial charge < -0.3 is 9.80 Å². The molecule has 314 valence electrons. The van der Waals surface area contributed by atoms with Crippen LogP contribution in [-0.4, -0.2) is 60.4 Å². The Morgan fingerprint density at radius 1 is 0.730 bits per heavy atom. The van der Waals surface area contributed by atoms with Gasteiger partial charge in [-0.3, -0.25) is 9.44 Å². The highest BCUT2D eigenvalue weighted by Crippen LogP contribution is 2.37. The van der Waals surface area contributed by atoms with E-state index in [4.69, 9.17) is 6.57 Å². The molecule has 5 rings (SSSR count). The van der Waals surface area contributed by atoms with Crippen LogP contribution in [0.25, 0.3) is 16.0 Å². The van der Waals surface area contributed by atoms with Crippen molar-refractivity contribution in [2.75, 3.05) is 53.0 Å². The highest BCUT2D eigenvalue weighted by Gasteiger charge is 2.27. The molecule has 1 aliphatic heterocycles. The van der Waals surface area contributed by atoms with Crippen molar-refractivity contribution in [3.05, 3.63) is 172 Å². The van der Waals surface area contributed by atoms with Gasteiger partial charge >= 0.3 is 0 Å². The molecule has 14 nitrogen and oxygen atoms in total. The van der Waals surface area contributed by atoms with E-state index in [0.717, 1.165) is 48.1 Å². The van der Waals surface area contributed by atoms with Crippen molar-refractivity contribution in [1.29, 1.82) is 26.3 Å². The van der Waals surface area contributed by atoms with Gasteiger partial charge in [-0.05, 0) is 83.7 Å². The fourth-order valence-electron chi connectivity index (χ4n) is 7.20. The Balaban J connectivity index is 1.54. The number of sulfonamides is 2. The molecule has 1 saturated heterocycles. The number of nitrogens with one attached hydrogen (secondary N) is 2. The van der Waals surface area contributed by atoms with E-state index in [9.17, 15) is 43.1 Å². The minimum atomic E-state index is -3.55. The van der Waals surface area contributed by atoms with Gasteiger partial charge in [-0.1, -0.05) is 66.8 Å². The number of anilines is 3. The Labute approximate surface area is 368 Å². The number of allylic oxidation sites excluding steroid dienone is 13. The average molecular weight is 873 g/mol. The Morgan fingerprint density at radius 3 is 1.81 bits per heavy atom. The SMILES string of the molecule is [C-]#[N+]C(C#N)=C(C(C#N)=CC=CC1=C(N2CCN(c3ccccc3)CC2)C(=CC=CC(C#N)=C(c2ccc(NS(C)(=O)=O)cc2)C(C#N)C#N)CC1)c1ccc(NS(C)(=O)=O)cc1. The number of para-hydroxylation sites is 1. The third-order valence-electron chi connectivity index (χ3n) is 9.89. The maximum Gasteiger partial charge on any atom is 0.270 e. The summed E-state index contributed by atoms with van der Waals surface area (Å²) in [7, 11) is -7.10. The van der Waals surface area contributed by atoms with E-state index in [1.807, 2.05) is 48.6 Å². The van der Waals surface area contributed by atoms with Crippen LogP contribution in [0.3, 0.4) is 0 Å². The Morgan fingerprint density at radius 2 is 1.30 bits per heavy atom. The van der Waals surface area contributed by atoms with Crippen LogP contribution in [0.5, 0.6) is 0 Å². The molecule has 0 unspecified atom stereocenters. The van der Waals surface area contributed by atoms with Gasteiger partial charge in [-0.25, -0.2) is 26.9 Å². The lowest BCUT2D eigenvalue weighted by Gasteiger charge is -2.38. The first-order chi connectivity index (χ1) is 30.2. The lowest BCUT2D eigenvalue weighted by molar-refractivity contribution is 0.326. The Bertz CT molecular complexity index is 2920. The molecule has 0 spiro atoms. The maximum absolute atomic E-state index is 11.7. The summed E-state index contributed by atoms with van der Waals surface area (Å²) < 4.78 is 51.7. The second-order valence-corrected chi connectivity index (χ2v) is 17.8. The summed E-state index contributed by atoms with van der Waals surface area (Å²) in [6.07, 6.45) is 13.6. The molecule has 2 aliphatic rings. The Hall–Kier alpha value is -8.12. The number of nitrogens with zero attached hydrogens (tertiary/aromatic N) is 8. The van der Waals surface area contributed by atoms with E-state index in [1.54, 1.807) is 30.4 Å². The van der Waals surface area contributed by atoms with Gasteiger partial charge in [0.15, 0.2) is 5.92 Å². The minimum absolute atomic E-state index is 0.0545. The van der Waals surface area contributed by atoms with Crippen LogP contribution in [0.4, 0.5) is 17.1 Å². The van der Waals surface area contributed by atoms with Gasteiger partial charge in [0.1, 0.15) is 0 Å². The van der Waals surface area contributed by atoms with Crippen molar-refractivity contribution in [3.8, 4) is 30.3 Å². The first kappa shape index (κ1) is 46.0. The van der Waals surface area contributed by atoms with Crippen LogP contribution < -0.4 is 14.3 Å². The summed E-state index contributed by atoms with van der Waals surface area (Å²) in [5.74, 6) is -1.29. The first-order valence-electron chi connectivity index (χ1n) is 19.3. The van der Waals surface area contributed by atoms with Gasteiger partial charge in [0.05, 0.1) is 60.6 Å². The van der Waals surface area contributed by atoms with Crippen molar-refractivity contribution in [2.24, 2.45) is 5.92 Å². The molecule has 0 radical (unpaired) electrons. The second kappa shape index (κ2) is 20.9. The van der Waals surface area contributed by atoms with Gasteiger partial charge in [0, 0.05) is 60.1 Å². The molecular weight excluding hydrogens is 833 g/mol. The molecule has 0 amide bonds. The monoisotopic (exact) mass is 872 g/mol. The quantitative estimate of drug-likeness (QED) is 0.0913. The Kier molecular flexibility index (Phi) is 15.3. The summed E-state index contributed by atoms with van der Waals surface area (Å²) in [6.45, 7) is 10.5. The molecule has 3 aromatic rings. The second-order valence-electron chi connectivity index (χ2n) is 14.3. The zero-order valence-corrected chi connectivity index (χ0v) is 35.9. The molecule has 0 saturated carbocycles. The average Bonchev–Trinajstić information content (AvgIpc) is 3.67. The first-order valence-corrected chi connectivity index (χ1v) is 23.1. The molecule has 0 atom stereocenters. The van der Waals surface area contributed by atoms with Crippen LogP contribution >= 0.6 is 0 Å². The number of nitriles is 5. The topological polar surface area (TPSA) is 222 Å². The third-order valence-corrected chi connectivity index (χ3v) is 11.1. The van der Waals surface area contributed by atoms with E-state index in [1.165, 1.54) is 42.5 Å². The molecular formula is C47H40N10O4S2. The molecule has 0 bridgehead atoms. The lowest BCUT2D eigenvalue weighted by atomic mass is 9.90. The van der Waals surface area contributed by atoms with Crippen molar-refractivity contribution >= 4 is 48.3 Å². The van der Waals surface area contributed by atoms with Crippen molar-refractivity contribution in [1.82, 2.24) is 4.90 Å². The van der Waals surface area contributed by atoms with Crippen LogP contribution in [0.2, 0.25) is 0 Å². The van der Waals surface area contributed by atoms with Gasteiger partial charge in [0.2, 0.25) is 20.0 Å². The zero-order chi connectivity index (χ0) is 45.6. The zero-order valence-electron chi connectivity index (χ0n) is 34.3. The smallest absolute Gasteiger partial charge is 0.270 e. The molecule has 3 aromatic carbocycles. The molecule has 16 heteroatoms. The normalized spacial score (nSPS) is 16.1. The largest absolute Gasteiger partial charge is 0.368 e. The summed E-state index contributed by atoms with van der Waals surface area (Å²) in [4.78, 5) is 7.98. The standard InChI is InChI=1S/C47H40N10O4S2/c1-53-44(33-52)46(35-19-23-42(24-20-35)55-63(3,60)61)39(30-49)12-8-10-37-16-15-36(47(37)57-27-25-56(26-28-57)43-13-5-4-6-14-43)9-7-11-38(29-48)45(40(31-50)32-51)34-17-21-41(22-18-34)54-62(2,58)59/h4-14,17-24,40,54-55H,15-16,25-28H2,2-3H3. The van der Waals surface area contributed by atoms with E-state index < -0.39 is 26.0 Å². The van der Waals surface area contributed by atoms with Crippen molar-refractivity contribution < 1.29 is 16.8 Å². The van der Waals surface area contributed by atoms with Gasteiger partial charge in [0.25, 0.3) is 5.70 Å². The van der Waals surface area contributed by atoms with Gasteiger partial charge in [-0.15, -0.1) is 0 Å². The summed E-state index contributed by atoms with van der Waals surface area (Å²) in [6, 6.07) is 32.2. The highest BCUT2D eigenvalue weighted by atomic mass is 32.2. The summed E-state index contributed by atoms with van der Waals surface area (Å²) in [5, 5.41) is 50.2. The highest BCUT2D eigenvalue weighted by molar-refractivity contribution is 7.92. The molecule has 2 N–H and O–H groups in total. The lowest BCUT2D eigenvalue weighted by Crippen LogP contribution is -2.46.